The van der Waals surface area contributed by atoms with Gasteiger partial charge in [-0.1, -0.05) is 30.3 Å². The molecule has 7 nitrogen and oxygen atoms in total. The van der Waals surface area contributed by atoms with Gasteiger partial charge >= 0.3 is 0 Å². The van der Waals surface area contributed by atoms with Gasteiger partial charge in [-0.25, -0.2) is 13.2 Å². The van der Waals surface area contributed by atoms with Crippen molar-refractivity contribution < 1.29 is 32.3 Å². The van der Waals surface area contributed by atoms with E-state index in [0.29, 0.717) is 12.1 Å². The first-order valence-corrected chi connectivity index (χ1v) is 10.5. The third-order valence-corrected chi connectivity index (χ3v) is 5.88. The number of hydrogen-bond acceptors (Lipinski definition) is 4. The minimum atomic E-state index is -1.40. The number of benzene rings is 2. The lowest BCUT2D eigenvalue weighted by Crippen LogP contribution is -2.71. The summed E-state index contributed by atoms with van der Waals surface area (Å²) >= 11 is 0. The molecule has 0 aliphatic carbocycles. The second-order valence-electron chi connectivity index (χ2n) is 8.03. The third-order valence-electron chi connectivity index (χ3n) is 5.88. The first-order valence-electron chi connectivity index (χ1n) is 10.5. The maximum absolute atomic E-state index is 14.0. The number of ether oxygens (including phenoxy) is 1. The van der Waals surface area contributed by atoms with Crippen LogP contribution in [-0.2, 0) is 20.9 Å². The van der Waals surface area contributed by atoms with E-state index in [4.69, 9.17) is 4.74 Å². The summed E-state index contributed by atoms with van der Waals surface area (Å²) < 4.78 is 46.5. The monoisotopic (exact) mass is 461 g/mol. The first kappa shape index (κ1) is 22.8. The summed E-state index contributed by atoms with van der Waals surface area (Å²) in [6, 6.07) is 8.33. The number of hydrogen-bond donors (Lipinski definition) is 1. The summed E-state index contributed by atoms with van der Waals surface area (Å²) in [5.74, 6) is -5.65. The van der Waals surface area contributed by atoms with E-state index >= 15 is 0 Å². The number of piperazine rings is 2. The van der Waals surface area contributed by atoms with Gasteiger partial charge in [-0.15, -0.1) is 0 Å². The lowest BCUT2D eigenvalue weighted by atomic mass is 10.0. The van der Waals surface area contributed by atoms with Crippen LogP contribution < -0.4 is 5.32 Å². The minimum Gasteiger partial charge on any atom is -0.371 e. The Morgan fingerprint density at radius 3 is 2.52 bits per heavy atom. The van der Waals surface area contributed by atoms with Crippen molar-refractivity contribution in [3.8, 4) is 0 Å². The smallest absolute Gasteiger partial charge is 0.257 e. The van der Waals surface area contributed by atoms with Crippen LogP contribution in [0.4, 0.5) is 13.2 Å². The minimum absolute atomic E-state index is 0.0127. The second kappa shape index (κ2) is 9.22. The highest BCUT2D eigenvalue weighted by molar-refractivity contribution is 5.99. The van der Waals surface area contributed by atoms with Crippen LogP contribution in [0.2, 0.25) is 0 Å². The van der Waals surface area contributed by atoms with Crippen molar-refractivity contribution in [2.75, 3.05) is 19.6 Å². The van der Waals surface area contributed by atoms with E-state index in [-0.39, 0.29) is 32.1 Å². The summed E-state index contributed by atoms with van der Waals surface area (Å²) in [5, 5.41) is 2.65. The number of halogens is 3. The van der Waals surface area contributed by atoms with Crippen LogP contribution in [0.1, 0.15) is 22.8 Å². The fraction of sp³-hybridized carbons (Fsp3) is 0.348. The van der Waals surface area contributed by atoms with E-state index in [1.165, 1.54) is 4.90 Å². The summed E-state index contributed by atoms with van der Waals surface area (Å²) in [6.45, 7) is 1.82. The average Bonchev–Trinajstić information content (AvgIpc) is 2.82. The molecular weight excluding hydrogens is 439 g/mol. The molecule has 33 heavy (non-hydrogen) atoms. The number of nitrogens with zero attached hydrogens (tertiary/aromatic N) is 2. The third kappa shape index (κ3) is 4.56. The molecule has 0 radical (unpaired) electrons. The van der Waals surface area contributed by atoms with Crippen molar-refractivity contribution in [2.45, 2.75) is 31.7 Å². The predicted molar refractivity (Wildman–Crippen MR) is 110 cm³/mol. The fourth-order valence-electron chi connectivity index (χ4n) is 4.02. The summed E-state index contributed by atoms with van der Waals surface area (Å²) in [4.78, 5) is 41.0. The number of carbonyl (C=O) groups excluding carboxylic acids is 3. The van der Waals surface area contributed by atoms with Gasteiger partial charge in [-0.05, 0) is 18.6 Å². The zero-order valence-electron chi connectivity index (χ0n) is 17.8. The number of nitrogens with one attached hydrogen (secondary N) is 1. The molecule has 0 aromatic heterocycles. The molecule has 2 fully saturated rings. The molecule has 2 heterocycles. The van der Waals surface area contributed by atoms with Gasteiger partial charge in [0.05, 0.1) is 24.8 Å². The molecule has 0 saturated carbocycles. The average molecular weight is 461 g/mol. The molecule has 0 unspecified atom stereocenters. The van der Waals surface area contributed by atoms with Crippen molar-refractivity contribution in [2.24, 2.45) is 0 Å². The Morgan fingerprint density at radius 2 is 1.79 bits per heavy atom. The van der Waals surface area contributed by atoms with Crippen LogP contribution in [0, 0.1) is 17.5 Å². The van der Waals surface area contributed by atoms with Crippen LogP contribution >= 0.6 is 0 Å². The van der Waals surface area contributed by atoms with Gasteiger partial charge < -0.3 is 19.9 Å². The Bertz CT molecular complexity index is 1080. The molecule has 10 heteroatoms. The van der Waals surface area contributed by atoms with Gasteiger partial charge in [0.1, 0.15) is 17.9 Å². The number of amides is 3. The number of carbonyl (C=O) groups is 3. The van der Waals surface area contributed by atoms with Crippen LogP contribution in [0.3, 0.4) is 0 Å². The lowest BCUT2D eigenvalue weighted by Gasteiger charge is -2.46. The molecule has 3 atom stereocenters. The first-order chi connectivity index (χ1) is 15.8. The summed E-state index contributed by atoms with van der Waals surface area (Å²) in [5.41, 5.74) is 0.291. The van der Waals surface area contributed by atoms with Crippen molar-refractivity contribution in [1.82, 2.24) is 15.1 Å². The normalized spacial score (nSPS) is 21.5. The highest BCUT2D eigenvalue weighted by Gasteiger charge is 2.46. The molecule has 2 saturated heterocycles. The molecule has 2 aromatic rings. The topological polar surface area (TPSA) is 79.0 Å². The van der Waals surface area contributed by atoms with Crippen molar-refractivity contribution in [3.05, 3.63) is 71.0 Å². The van der Waals surface area contributed by atoms with Crippen molar-refractivity contribution in [1.29, 1.82) is 0 Å². The van der Waals surface area contributed by atoms with E-state index < -0.39 is 53.0 Å². The zero-order chi connectivity index (χ0) is 23.7. The maximum Gasteiger partial charge on any atom is 0.257 e. The van der Waals surface area contributed by atoms with E-state index in [1.54, 1.807) is 6.92 Å². The summed E-state index contributed by atoms with van der Waals surface area (Å²) in [7, 11) is 0. The van der Waals surface area contributed by atoms with E-state index in [9.17, 15) is 27.6 Å². The zero-order valence-corrected chi connectivity index (χ0v) is 17.8. The largest absolute Gasteiger partial charge is 0.371 e. The standard InChI is InChI=1S/C23H22F3N3O4/c1-13(33-12-14-5-3-2-4-6-14)20-23(32)29-8-7-28(11-19(29)21(30)27-20)22(31)15-9-17(25)18(26)10-16(15)24/h2-6,9-10,13,19-20H,7-8,11-12H2,1H3,(H,27,30)/t13-,19-,20+/m1/s1. The Kier molecular flexibility index (Phi) is 6.37. The molecular formula is C23H22F3N3O4. The second-order valence-corrected chi connectivity index (χ2v) is 8.03. The van der Waals surface area contributed by atoms with Gasteiger partial charge in [0, 0.05) is 19.2 Å². The molecule has 174 valence electrons. The highest BCUT2D eigenvalue weighted by Crippen LogP contribution is 2.22. The molecule has 2 aliphatic rings. The fourth-order valence-corrected chi connectivity index (χ4v) is 4.02. The van der Waals surface area contributed by atoms with Crippen LogP contribution in [0.25, 0.3) is 0 Å². The van der Waals surface area contributed by atoms with Crippen molar-refractivity contribution >= 4 is 17.7 Å². The van der Waals surface area contributed by atoms with E-state index in [2.05, 4.69) is 5.32 Å². The van der Waals surface area contributed by atoms with Gasteiger partial charge in [0.2, 0.25) is 11.8 Å². The van der Waals surface area contributed by atoms with E-state index in [0.717, 1.165) is 10.5 Å². The van der Waals surface area contributed by atoms with Crippen LogP contribution in [0.5, 0.6) is 0 Å². The van der Waals surface area contributed by atoms with Gasteiger partial charge in [0.15, 0.2) is 11.6 Å². The van der Waals surface area contributed by atoms with Gasteiger partial charge in [-0.2, -0.15) is 0 Å². The molecule has 2 aromatic carbocycles. The van der Waals surface area contributed by atoms with Crippen LogP contribution in [0.15, 0.2) is 42.5 Å². The molecule has 4 rings (SSSR count). The molecule has 1 N–H and O–H groups in total. The Morgan fingerprint density at radius 1 is 1.09 bits per heavy atom. The summed E-state index contributed by atoms with van der Waals surface area (Å²) in [6.07, 6.45) is -0.599. The molecule has 0 spiro atoms. The molecule has 0 bridgehead atoms. The SMILES string of the molecule is C[C@@H](OCc1ccccc1)[C@@H]1NC(=O)[C@H]2CN(C(=O)c3cc(F)c(F)cc3F)CCN2C1=O. The quantitative estimate of drug-likeness (QED) is 0.690. The lowest BCUT2D eigenvalue weighted by molar-refractivity contribution is -0.156. The maximum atomic E-state index is 14.0. The Hall–Kier alpha value is -3.40. The Balaban J connectivity index is 1.42. The highest BCUT2D eigenvalue weighted by atomic mass is 19.2. The number of fused-ring (bicyclic) bond motifs is 1. The molecule has 2 aliphatic heterocycles. The van der Waals surface area contributed by atoms with E-state index in [1.807, 2.05) is 30.3 Å². The van der Waals surface area contributed by atoms with Gasteiger partial charge in [-0.3, -0.25) is 14.4 Å². The van der Waals surface area contributed by atoms with Crippen molar-refractivity contribution in [3.63, 3.8) is 0 Å². The molecule has 3 amide bonds. The van der Waals surface area contributed by atoms with Gasteiger partial charge in [0.25, 0.3) is 5.91 Å². The number of rotatable bonds is 5. The Labute approximate surface area is 188 Å². The predicted octanol–water partition coefficient (Wildman–Crippen LogP) is 1.86. The van der Waals surface area contributed by atoms with Crippen LogP contribution in [-0.4, -0.2) is 65.3 Å².